The van der Waals surface area contributed by atoms with Gasteiger partial charge in [0.05, 0.1) is 17.1 Å². The number of hydrogen-bond acceptors (Lipinski definition) is 5. The van der Waals surface area contributed by atoms with Crippen molar-refractivity contribution in [2.24, 2.45) is 7.05 Å². The number of hydrogen-bond donors (Lipinski definition) is 3. The molecule has 1 aliphatic carbocycles. The molecule has 3 N–H and O–H groups in total. The minimum atomic E-state index is -2.04. The Bertz CT molecular complexity index is 592. The molecule has 1 heterocycles. The number of aliphatic hydroxyl groups is 1. The molecule has 0 spiro atoms. The predicted molar refractivity (Wildman–Crippen MR) is 72.1 cm³/mol. The minimum Gasteiger partial charge on any atom is -0.465 e. The number of carbonyl (C=O) groups is 1. The fraction of sp³-hybridized carbons (Fsp3) is 0.667. The standard InChI is InChI=1S/C12H17FN4O5/c1-16-10(8(6-14-16)17(21)22)12(13)4-2-7(15-11(19)20)9(18)3-5-12/h6-7,9,15,18H,2-5H2,1H3,(H,19,20). The lowest BCUT2D eigenvalue weighted by atomic mass is 9.91. The van der Waals surface area contributed by atoms with Crippen molar-refractivity contribution in [1.29, 1.82) is 0 Å². The maximum absolute atomic E-state index is 15.3. The highest BCUT2D eigenvalue weighted by Gasteiger charge is 2.44. The van der Waals surface area contributed by atoms with E-state index in [1.807, 2.05) is 0 Å². The summed E-state index contributed by atoms with van der Waals surface area (Å²) in [6.45, 7) is 0. The molecule has 0 aliphatic heterocycles. The van der Waals surface area contributed by atoms with E-state index in [2.05, 4.69) is 10.4 Å². The van der Waals surface area contributed by atoms with Crippen molar-refractivity contribution < 1.29 is 24.3 Å². The number of rotatable bonds is 3. The number of nitro groups is 1. The number of aryl methyl sites for hydroxylation is 1. The quantitative estimate of drug-likeness (QED) is 0.434. The third kappa shape index (κ3) is 3.01. The molecule has 3 atom stereocenters. The van der Waals surface area contributed by atoms with Crippen LogP contribution in [0.25, 0.3) is 0 Å². The zero-order valence-corrected chi connectivity index (χ0v) is 11.9. The maximum atomic E-state index is 15.3. The smallest absolute Gasteiger partial charge is 0.404 e. The molecule has 2 rings (SSSR count). The van der Waals surface area contributed by atoms with Crippen LogP contribution in [0.5, 0.6) is 0 Å². The average Bonchev–Trinajstić information content (AvgIpc) is 2.77. The lowest BCUT2D eigenvalue weighted by Gasteiger charge is -2.23. The van der Waals surface area contributed by atoms with E-state index >= 15 is 4.39 Å². The normalized spacial score (nSPS) is 28.9. The van der Waals surface area contributed by atoms with Crippen molar-refractivity contribution in [3.05, 3.63) is 22.0 Å². The molecule has 22 heavy (non-hydrogen) atoms. The van der Waals surface area contributed by atoms with Gasteiger partial charge in [-0.25, -0.2) is 9.18 Å². The molecule has 122 valence electrons. The van der Waals surface area contributed by atoms with Crippen molar-refractivity contribution in [3.63, 3.8) is 0 Å². The molecule has 10 heteroatoms. The van der Waals surface area contributed by atoms with Crippen LogP contribution < -0.4 is 5.32 Å². The number of carboxylic acid groups (broad SMARTS) is 1. The molecule has 0 radical (unpaired) electrons. The van der Waals surface area contributed by atoms with E-state index in [9.17, 15) is 20.0 Å². The Morgan fingerprint density at radius 3 is 2.82 bits per heavy atom. The molecule has 1 aliphatic rings. The second-order valence-corrected chi connectivity index (χ2v) is 5.43. The van der Waals surface area contributed by atoms with Crippen LogP contribution in [0.15, 0.2) is 6.20 Å². The number of halogens is 1. The summed E-state index contributed by atoms with van der Waals surface area (Å²) < 4.78 is 16.4. The fourth-order valence-electron chi connectivity index (χ4n) is 2.92. The molecule has 1 amide bonds. The van der Waals surface area contributed by atoms with Gasteiger partial charge in [0.1, 0.15) is 6.20 Å². The minimum absolute atomic E-state index is 0.0101. The van der Waals surface area contributed by atoms with E-state index < -0.39 is 34.5 Å². The molecule has 3 unspecified atom stereocenters. The molecule has 1 aromatic heterocycles. The molecule has 0 bridgehead atoms. The Hall–Kier alpha value is -2.23. The molecular formula is C12H17FN4O5. The van der Waals surface area contributed by atoms with Gasteiger partial charge in [0.15, 0.2) is 11.4 Å². The molecule has 1 saturated carbocycles. The lowest BCUT2D eigenvalue weighted by molar-refractivity contribution is -0.386. The van der Waals surface area contributed by atoms with Crippen LogP contribution in [-0.4, -0.2) is 43.2 Å². The van der Waals surface area contributed by atoms with Crippen molar-refractivity contribution in [3.8, 4) is 0 Å². The Morgan fingerprint density at radius 2 is 2.23 bits per heavy atom. The van der Waals surface area contributed by atoms with Gasteiger partial charge in [-0.15, -0.1) is 0 Å². The highest BCUT2D eigenvalue weighted by molar-refractivity contribution is 5.64. The van der Waals surface area contributed by atoms with Gasteiger partial charge < -0.3 is 15.5 Å². The molecule has 0 aromatic carbocycles. The summed E-state index contributed by atoms with van der Waals surface area (Å²) in [6, 6.07) is -0.803. The number of aromatic nitrogens is 2. The molecule has 1 aromatic rings. The van der Waals surface area contributed by atoms with Gasteiger partial charge in [-0.1, -0.05) is 0 Å². The number of nitrogens with zero attached hydrogens (tertiary/aromatic N) is 3. The second kappa shape index (κ2) is 5.87. The monoisotopic (exact) mass is 316 g/mol. The number of nitrogens with one attached hydrogen (secondary N) is 1. The first-order chi connectivity index (χ1) is 10.2. The van der Waals surface area contributed by atoms with Crippen LogP contribution in [-0.2, 0) is 12.7 Å². The van der Waals surface area contributed by atoms with Gasteiger partial charge in [0.2, 0.25) is 0 Å². The zero-order valence-electron chi connectivity index (χ0n) is 11.9. The SMILES string of the molecule is Cn1ncc([N+](=O)[O-])c1C1(F)CCC(O)C(NC(=O)O)CC1. The van der Waals surface area contributed by atoms with Crippen molar-refractivity contribution in [2.75, 3.05) is 0 Å². The van der Waals surface area contributed by atoms with E-state index in [1.54, 1.807) is 0 Å². The molecule has 0 saturated heterocycles. The summed E-state index contributed by atoms with van der Waals surface area (Å²) in [6.07, 6.45) is -1.62. The third-order valence-electron chi connectivity index (χ3n) is 4.00. The maximum Gasteiger partial charge on any atom is 0.404 e. The number of amides is 1. The van der Waals surface area contributed by atoms with E-state index in [0.29, 0.717) is 0 Å². The topological polar surface area (TPSA) is 131 Å². The first kappa shape index (κ1) is 16.1. The summed E-state index contributed by atoms with van der Waals surface area (Å²) in [7, 11) is 1.41. The molecule has 9 nitrogen and oxygen atoms in total. The highest BCUT2D eigenvalue weighted by atomic mass is 19.1. The van der Waals surface area contributed by atoms with Crippen molar-refractivity contribution >= 4 is 11.8 Å². The largest absolute Gasteiger partial charge is 0.465 e. The van der Waals surface area contributed by atoms with Gasteiger partial charge >= 0.3 is 11.8 Å². The lowest BCUT2D eigenvalue weighted by Crippen LogP contribution is -2.41. The molecule has 1 fully saturated rings. The zero-order chi connectivity index (χ0) is 16.5. The van der Waals surface area contributed by atoms with Crippen LogP contribution in [0, 0.1) is 10.1 Å². The Labute approximate surface area is 124 Å². The van der Waals surface area contributed by atoms with Gasteiger partial charge in [-0.3, -0.25) is 14.8 Å². The van der Waals surface area contributed by atoms with Gasteiger partial charge in [-0.05, 0) is 25.7 Å². The van der Waals surface area contributed by atoms with E-state index in [4.69, 9.17) is 5.11 Å². The van der Waals surface area contributed by atoms with E-state index in [0.717, 1.165) is 10.9 Å². The summed E-state index contributed by atoms with van der Waals surface area (Å²) in [5.41, 5.74) is -2.60. The van der Waals surface area contributed by atoms with Crippen molar-refractivity contribution in [2.45, 2.75) is 43.5 Å². The first-order valence-electron chi connectivity index (χ1n) is 6.78. The Balaban J connectivity index is 2.30. The first-order valence-corrected chi connectivity index (χ1v) is 6.78. The predicted octanol–water partition coefficient (Wildman–Crippen LogP) is 1.06. The third-order valence-corrected chi connectivity index (χ3v) is 4.00. The summed E-state index contributed by atoms with van der Waals surface area (Å²) >= 11 is 0. The fourth-order valence-corrected chi connectivity index (χ4v) is 2.92. The highest BCUT2D eigenvalue weighted by Crippen LogP contribution is 2.43. The van der Waals surface area contributed by atoms with E-state index in [1.165, 1.54) is 7.05 Å². The van der Waals surface area contributed by atoms with Crippen LogP contribution in [0.1, 0.15) is 31.4 Å². The van der Waals surface area contributed by atoms with Crippen molar-refractivity contribution in [1.82, 2.24) is 15.1 Å². The van der Waals surface area contributed by atoms with Crippen LogP contribution in [0.3, 0.4) is 0 Å². The van der Waals surface area contributed by atoms with E-state index in [-0.39, 0.29) is 31.4 Å². The Morgan fingerprint density at radius 1 is 1.59 bits per heavy atom. The summed E-state index contributed by atoms with van der Waals surface area (Å²) in [4.78, 5) is 21.0. The summed E-state index contributed by atoms with van der Waals surface area (Å²) in [5, 5.41) is 35.6. The van der Waals surface area contributed by atoms with Gasteiger partial charge in [-0.2, -0.15) is 5.10 Å². The number of alkyl halides is 1. The van der Waals surface area contributed by atoms with Crippen LogP contribution in [0.2, 0.25) is 0 Å². The van der Waals surface area contributed by atoms with Crippen LogP contribution in [0.4, 0.5) is 14.9 Å². The number of aliphatic hydroxyl groups excluding tert-OH is 1. The van der Waals surface area contributed by atoms with Gasteiger partial charge in [0, 0.05) is 7.05 Å². The van der Waals surface area contributed by atoms with Gasteiger partial charge in [0.25, 0.3) is 0 Å². The second-order valence-electron chi connectivity index (χ2n) is 5.43. The average molecular weight is 316 g/mol. The van der Waals surface area contributed by atoms with Crippen LogP contribution >= 0.6 is 0 Å². The summed E-state index contributed by atoms with van der Waals surface area (Å²) in [5.74, 6) is 0. The Kier molecular flexibility index (Phi) is 4.31. The molecular weight excluding hydrogens is 299 g/mol.